The fourth-order valence-electron chi connectivity index (χ4n) is 4.90. The molecule has 1 N–H and O–H groups in total. The van der Waals surface area contributed by atoms with Crippen LogP contribution in [0, 0.1) is 0 Å². The molecule has 3 aromatic carbocycles. The van der Waals surface area contributed by atoms with Gasteiger partial charge in [-0.2, -0.15) is 0 Å². The predicted molar refractivity (Wildman–Crippen MR) is 132 cm³/mol. The lowest BCUT2D eigenvalue weighted by atomic mass is 9.94. The number of ketones is 1. The van der Waals surface area contributed by atoms with Crippen molar-refractivity contribution in [3.63, 3.8) is 0 Å². The van der Waals surface area contributed by atoms with Crippen LogP contribution in [0.4, 0.5) is 0 Å². The first-order valence-corrected chi connectivity index (χ1v) is 11.3. The van der Waals surface area contributed by atoms with E-state index in [1.807, 2.05) is 78.5 Å². The largest absolute Gasteiger partial charge is 0.507 e. The number of amides is 1. The molecule has 1 aromatic heterocycles. The molecule has 5 rings (SSSR count). The standard InChI is InChI=1S/C28H26N2O4/c1-29-17-22(21-10-5-6-11-23(21)29)25-24(27(32)28(33)30(25)14-7-15-34-2)26(31)20-13-12-18-8-3-4-9-19(18)16-20/h3-6,8-13,16-17,25,31H,7,14-15H2,1-2H3/b26-24+. The molecule has 34 heavy (non-hydrogen) atoms. The van der Waals surface area contributed by atoms with Crippen molar-refractivity contribution in [2.24, 2.45) is 7.05 Å². The van der Waals surface area contributed by atoms with Gasteiger partial charge in [-0.1, -0.05) is 54.6 Å². The number of Topliss-reactive ketones (excluding diaryl/α,β-unsaturated/α-hetero) is 1. The number of ether oxygens (including phenoxy) is 1. The Hall–Kier alpha value is -3.90. The van der Waals surface area contributed by atoms with E-state index in [1.54, 1.807) is 18.1 Å². The van der Waals surface area contributed by atoms with Crippen molar-refractivity contribution in [3.8, 4) is 0 Å². The molecular weight excluding hydrogens is 428 g/mol. The lowest BCUT2D eigenvalue weighted by Gasteiger charge is -2.24. The normalized spacial score (nSPS) is 17.8. The molecule has 6 nitrogen and oxygen atoms in total. The molecule has 1 amide bonds. The molecule has 1 saturated heterocycles. The zero-order chi connectivity index (χ0) is 23.8. The van der Waals surface area contributed by atoms with E-state index in [9.17, 15) is 14.7 Å². The molecule has 1 atom stereocenters. The number of fused-ring (bicyclic) bond motifs is 2. The number of aromatic nitrogens is 1. The molecule has 0 radical (unpaired) electrons. The van der Waals surface area contributed by atoms with E-state index in [0.29, 0.717) is 25.1 Å². The number of aryl methyl sites for hydroxylation is 1. The monoisotopic (exact) mass is 454 g/mol. The van der Waals surface area contributed by atoms with Crippen molar-refractivity contribution < 1.29 is 19.4 Å². The third-order valence-electron chi connectivity index (χ3n) is 6.53. The zero-order valence-corrected chi connectivity index (χ0v) is 19.2. The summed E-state index contributed by atoms with van der Waals surface area (Å²) in [6, 6.07) is 20.6. The van der Waals surface area contributed by atoms with Gasteiger partial charge in [-0.3, -0.25) is 9.59 Å². The SMILES string of the molecule is COCCCN1C(=O)C(=O)/C(=C(/O)c2ccc3ccccc3c2)C1c1cn(C)c2ccccc12. The molecule has 0 bridgehead atoms. The Labute approximate surface area is 197 Å². The van der Waals surface area contributed by atoms with Gasteiger partial charge in [0.15, 0.2) is 0 Å². The van der Waals surface area contributed by atoms with E-state index in [0.717, 1.165) is 27.2 Å². The number of nitrogens with zero attached hydrogens (tertiary/aromatic N) is 2. The third-order valence-corrected chi connectivity index (χ3v) is 6.53. The molecule has 1 fully saturated rings. The minimum absolute atomic E-state index is 0.119. The van der Waals surface area contributed by atoms with Gasteiger partial charge in [-0.05, 0) is 29.3 Å². The van der Waals surface area contributed by atoms with E-state index >= 15 is 0 Å². The van der Waals surface area contributed by atoms with Crippen molar-refractivity contribution in [1.29, 1.82) is 0 Å². The smallest absolute Gasteiger partial charge is 0.295 e. The molecule has 1 unspecified atom stereocenters. The van der Waals surface area contributed by atoms with Crippen LogP contribution in [0.3, 0.4) is 0 Å². The maximum Gasteiger partial charge on any atom is 0.295 e. The Kier molecular flexibility index (Phi) is 5.67. The number of carbonyl (C=O) groups excluding carboxylic acids is 2. The molecule has 0 aliphatic carbocycles. The second-order valence-electron chi connectivity index (χ2n) is 8.61. The second kappa shape index (κ2) is 8.80. The van der Waals surface area contributed by atoms with Gasteiger partial charge in [-0.25, -0.2) is 0 Å². The summed E-state index contributed by atoms with van der Waals surface area (Å²) < 4.78 is 7.16. The number of benzene rings is 3. The van der Waals surface area contributed by atoms with Crippen LogP contribution in [0.15, 0.2) is 78.5 Å². The number of hydrogen-bond acceptors (Lipinski definition) is 4. The van der Waals surface area contributed by atoms with E-state index in [1.165, 1.54) is 0 Å². The van der Waals surface area contributed by atoms with E-state index < -0.39 is 17.7 Å². The molecule has 2 heterocycles. The number of aliphatic hydroxyl groups excluding tert-OH is 1. The van der Waals surface area contributed by atoms with Crippen molar-refractivity contribution in [1.82, 2.24) is 9.47 Å². The lowest BCUT2D eigenvalue weighted by molar-refractivity contribution is -0.140. The number of rotatable bonds is 6. The summed E-state index contributed by atoms with van der Waals surface area (Å²) >= 11 is 0. The second-order valence-corrected chi connectivity index (χ2v) is 8.61. The van der Waals surface area contributed by atoms with E-state index in [-0.39, 0.29) is 11.3 Å². The minimum Gasteiger partial charge on any atom is -0.507 e. The first-order valence-electron chi connectivity index (χ1n) is 11.3. The number of methoxy groups -OCH3 is 1. The third kappa shape index (κ3) is 3.56. The Morgan fingerprint density at radius 3 is 2.53 bits per heavy atom. The Morgan fingerprint density at radius 1 is 1.00 bits per heavy atom. The molecule has 0 spiro atoms. The van der Waals surface area contributed by atoms with Crippen molar-refractivity contribution in [3.05, 3.63) is 89.6 Å². The van der Waals surface area contributed by atoms with Crippen LogP contribution in [0.2, 0.25) is 0 Å². The average Bonchev–Trinajstić information content (AvgIpc) is 3.32. The lowest BCUT2D eigenvalue weighted by Crippen LogP contribution is -2.31. The molecule has 4 aromatic rings. The van der Waals surface area contributed by atoms with Gasteiger partial charge in [0.2, 0.25) is 0 Å². The number of aliphatic hydroxyl groups is 1. The van der Waals surface area contributed by atoms with Gasteiger partial charge in [0.25, 0.3) is 11.7 Å². The number of carbonyl (C=O) groups is 2. The first-order chi connectivity index (χ1) is 16.5. The fourth-order valence-corrected chi connectivity index (χ4v) is 4.90. The summed E-state index contributed by atoms with van der Waals surface area (Å²) in [6.45, 7) is 0.816. The highest BCUT2D eigenvalue weighted by molar-refractivity contribution is 6.46. The van der Waals surface area contributed by atoms with Crippen LogP contribution < -0.4 is 0 Å². The van der Waals surface area contributed by atoms with Gasteiger partial charge < -0.3 is 19.3 Å². The summed E-state index contributed by atoms with van der Waals surface area (Å²) in [5.41, 5.74) is 2.44. The van der Waals surface area contributed by atoms with Crippen molar-refractivity contribution in [2.45, 2.75) is 12.5 Å². The molecule has 6 heteroatoms. The summed E-state index contributed by atoms with van der Waals surface area (Å²) in [5, 5.41) is 14.3. The number of hydrogen-bond donors (Lipinski definition) is 1. The quantitative estimate of drug-likeness (QED) is 0.197. The highest BCUT2D eigenvalue weighted by Gasteiger charge is 2.46. The van der Waals surface area contributed by atoms with Crippen LogP contribution in [-0.4, -0.2) is 46.5 Å². The summed E-state index contributed by atoms with van der Waals surface area (Å²) in [6.07, 6.45) is 2.53. The zero-order valence-electron chi connectivity index (χ0n) is 19.2. The van der Waals surface area contributed by atoms with Crippen LogP contribution in [-0.2, 0) is 21.4 Å². The topological polar surface area (TPSA) is 71.8 Å². The van der Waals surface area contributed by atoms with Crippen LogP contribution in [0.25, 0.3) is 27.4 Å². The minimum atomic E-state index is -0.686. The summed E-state index contributed by atoms with van der Waals surface area (Å²) in [7, 11) is 3.54. The first kappa shape index (κ1) is 21.9. The number of likely N-dealkylation sites (tertiary alicyclic amines) is 1. The molecule has 1 aliphatic rings. The van der Waals surface area contributed by atoms with Crippen LogP contribution in [0.5, 0.6) is 0 Å². The van der Waals surface area contributed by atoms with Crippen LogP contribution in [0.1, 0.15) is 23.6 Å². The maximum atomic E-state index is 13.3. The van der Waals surface area contributed by atoms with E-state index in [4.69, 9.17) is 4.74 Å². The van der Waals surface area contributed by atoms with Crippen molar-refractivity contribution >= 4 is 39.1 Å². The molecular formula is C28H26N2O4. The Bertz CT molecular complexity index is 1450. The van der Waals surface area contributed by atoms with Gasteiger partial charge in [0.1, 0.15) is 5.76 Å². The maximum absolute atomic E-state index is 13.3. The molecule has 1 aliphatic heterocycles. The fraction of sp³-hybridized carbons (Fsp3) is 0.214. The van der Waals surface area contributed by atoms with Crippen LogP contribution >= 0.6 is 0 Å². The molecule has 172 valence electrons. The summed E-state index contributed by atoms with van der Waals surface area (Å²) in [4.78, 5) is 28.0. The van der Waals surface area contributed by atoms with Gasteiger partial charge in [0, 0.05) is 55.5 Å². The Morgan fingerprint density at radius 2 is 1.74 bits per heavy atom. The highest BCUT2D eigenvalue weighted by Crippen LogP contribution is 2.42. The van der Waals surface area contributed by atoms with Gasteiger partial charge in [-0.15, -0.1) is 0 Å². The Balaban J connectivity index is 1.71. The van der Waals surface area contributed by atoms with E-state index in [2.05, 4.69) is 0 Å². The summed E-state index contributed by atoms with van der Waals surface area (Å²) in [5.74, 6) is -1.42. The highest BCUT2D eigenvalue weighted by atomic mass is 16.5. The van der Waals surface area contributed by atoms with Gasteiger partial charge in [0.05, 0.1) is 11.6 Å². The number of para-hydroxylation sites is 1. The predicted octanol–water partition coefficient (Wildman–Crippen LogP) is 4.79. The average molecular weight is 455 g/mol. The van der Waals surface area contributed by atoms with Crippen molar-refractivity contribution in [2.75, 3.05) is 20.3 Å². The molecule has 0 saturated carbocycles. The van der Waals surface area contributed by atoms with Gasteiger partial charge >= 0.3 is 0 Å².